The van der Waals surface area contributed by atoms with Crippen LogP contribution in [0.15, 0.2) is 54.7 Å². The van der Waals surface area contributed by atoms with E-state index in [9.17, 15) is 4.79 Å². The molecule has 5 rings (SSSR count). The number of fused-ring (bicyclic) bond motifs is 1. The first-order chi connectivity index (χ1) is 17.0. The van der Waals surface area contributed by atoms with Crippen molar-refractivity contribution < 1.29 is 14.3 Å². The highest BCUT2D eigenvalue weighted by molar-refractivity contribution is 6.30. The molecule has 2 fully saturated rings. The predicted octanol–water partition coefficient (Wildman–Crippen LogP) is 3.64. The molecule has 2 saturated heterocycles. The molecule has 0 aliphatic carbocycles. The molecule has 3 heterocycles. The molecule has 1 amide bonds. The molecule has 0 spiro atoms. The van der Waals surface area contributed by atoms with Crippen molar-refractivity contribution in [3.8, 4) is 5.75 Å². The van der Waals surface area contributed by atoms with E-state index in [4.69, 9.17) is 21.1 Å². The van der Waals surface area contributed by atoms with E-state index >= 15 is 0 Å². The van der Waals surface area contributed by atoms with Crippen molar-refractivity contribution in [1.29, 1.82) is 0 Å². The van der Waals surface area contributed by atoms with Gasteiger partial charge in [0.05, 0.1) is 13.0 Å². The topological polar surface area (TPSA) is 61.0 Å². The molecule has 0 bridgehead atoms. The SMILES string of the molecule is CN1CCN(C(=O)CC2(COc3ccc(Cl)cc3)CN(Cc3ccc4[nH]ccc4c3)CCO2)CC1. The molecule has 2 aliphatic rings. The van der Waals surface area contributed by atoms with Gasteiger partial charge in [0.1, 0.15) is 18.0 Å². The summed E-state index contributed by atoms with van der Waals surface area (Å²) in [5, 5.41) is 1.87. The summed E-state index contributed by atoms with van der Waals surface area (Å²) in [6.45, 7) is 6.42. The molecular weight excluding hydrogens is 464 g/mol. The zero-order valence-electron chi connectivity index (χ0n) is 20.2. The van der Waals surface area contributed by atoms with E-state index < -0.39 is 5.60 Å². The Kier molecular flexibility index (Phi) is 7.29. The van der Waals surface area contributed by atoms with Crippen molar-refractivity contribution >= 4 is 28.4 Å². The Hall–Kier alpha value is -2.58. The smallest absolute Gasteiger partial charge is 0.225 e. The summed E-state index contributed by atoms with van der Waals surface area (Å²) in [7, 11) is 2.09. The van der Waals surface area contributed by atoms with Gasteiger partial charge in [-0.25, -0.2) is 0 Å². The van der Waals surface area contributed by atoms with Crippen molar-refractivity contribution in [2.24, 2.45) is 0 Å². The maximum absolute atomic E-state index is 13.3. The number of aromatic amines is 1. The van der Waals surface area contributed by atoms with E-state index in [2.05, 4.69) is 46.1 Å². The highest BCUT2D eigenvalue weighted by Crippen LogP contribution is 2.27. The highest BCUT2D eigenvalue weighted by Gasteiger charge is 2.41. The van der Waals surface area contributed by atoms with Gasteiger partial charge in [-0.2, -0.15) is 0 Å². The van der Waals surface area contributed by atoms with Gasteiger partial charge >= 0.3 is 0 Å². The van der Waals surface area contributed by atoms with Gasteiger partial charge in [-0.3, -0.25) is 9.69 Å². The van der Waals surface area contributed by atoms with Crippen molar-refractivity contribution in [3.05, 3.63) is 65.3 Å². The number of benzene rings is 2. The average molecular weight is 497 g/mol. The van der Waals surface area contributed by atoms with Crippen LogP contribution >= 0.6 is 11.6 Å². The van der Waals surface area contributed by atoms with Gasteiger partial charge in [-0.05, 0) is 60.5 Å². The first-order valence-corrected chi connectivity index (χ1v) is 12.6. The number of rotatable bonds is 7. The number of nitrogens with one attached hydrogen (secondary N) is 1. The first-order valence-electron chi connectivity index (χ1n) is 12.3. The summed E-state index contributed by atoms with van der Waals surface area (Å²) in [6, 6.07) is 15.9. The Morgan fingerprint density at radius 3 is 2.69 bits per heavy atom. The van der Waals surface area contributed by atoms with E-state index in [1.165, 1.54) is 10.9 Å². The Bertz CT molecular complexity index is 1140. The predicted molar refractivity (Wildman–Crippen MR) is 138 cm³/mol. The molecule has 0 saturated carbocycles. The van der Waals surface area contributed by atoms with E-state index in [-0.39, 0.29) is 5.91 Å². The van der Waals surface area contributed by atoms with Gasteiger partial charge in [0.25, 0.3) is 0 Å². The minimum absolute atomic E-state index is 0.133. The van der Waals surface area contributed by atoms with Crippen molar-refractivity contribution in [3.63, 3.8) is 0 Å². The van der Waals surface area contributed by atoms with E-state index in [0.29, 0.717) is 31.2 Å². The van der Waals surface area contributed by atoms with Crippen LogP contribution in [0.2, 0.25) is 5.02 Å². The minimum atomic E-state index is -0.712. The van der Waals surface area contributed by atoms with Crippen LogP contribution in [0.25, 0.3) is 10.9 Å². The summed E-state index contributed by atoms with van der Waals surface area (Å²) >= 11 is 6.04. The van der Waals surface area contributed by atoms with Crippen LogP contribution in [0.5, 0.6) is 5.75 Å². The largest absolute Gasteiger partial charge is 0.491 e. The van der Waals surface area contributed by atoms with Crippen molar-refractivity contribution in [1.82, 2.24) is 19.7 Å². The number of aromatic nitrogens is 1. The number of carbonyl (C=O) groups excluding carboxylic acids is 1. The second-order valence-electron chi connectivity index (χ2n) is 9.74. The van der Waals surface area contributed by atoms with Crippen LogP contribution in [0.1, 0.15) is 12.0 Å². The Morgan fingerprint density at radius 1 is 1.09 bits per heavy atom. The highest BCUT2D eigenvalue weighted by atomic mass is 35.5. The summed E-state index contributed by atoms with van der Waals surface area (Å²) in [4.78, 5) is 23.2. The lowest BCUT2D eigenvalue weighted by atomic mass is 9.96. The molecule has 186 valence electrons. The maximum Gasteiger partial charge on any atom is 0.225 e. The van der Waals surface area contributed by atoms with Gasteiger partial charge in [-0.1, -0.05) is 17.7 Å². The van der Waals surface area contributed by atoms with Crippen LogP contribution in [0.4, 0.5) is 0 Å². The fourth-order valence-corrected chi connectivity index (χ4v) is 5.08. The zero-order valence-corrected chi connectivity index (χ0v) is 21.0. The van der Waals surface area contributed by atoms with Gasteiger partial charge in [0, 0.05) is 62.5 Å². The lowest BCUT2D eigenvalue weighted by Crippen LogP contribution is -2.58. The van der Waals surface area contributed by atoms with Gasteiger partial charge in [-0.15, -0.1) is 0 Å². The Morgan fingerprint density at radius 2 is 1.89 bits per heavy atom. The number of ether oxygens (including phenoxy) is 2. The third-order valence-corrected chi connectivity index (χ3v) is 7.25. The third-order valence-electron chi connectivity index (χ3n) is 7.00. The van der Waals surface area contributed by atoms with Gasteiger partial charge in [0.2, 0.25) is 5.91 Å². The Labute approximate surface area is 211 Å². The van der Waals surface area contributed by atoms with Crippen LogP contribution in [0, 0.1) is 0 Å². The molecule has 1 N–H and O–H groups in total. The third kappa shape index (κ3) is 5.98. The zero-order chi connectivity index (χ0) is 24.3. The molecule has 8 heteroatoms. The molecule has 0 radical (unpaired) electrons. The van der Waals surface area contributed by atoms with Crippen molar-refractivity contribution in [2.75, 3.05) is 59.5 Å². The molecule has 1 aromatic heterocycles. The average Bonchev–Trinajstić information content (AvgIpc) is 3.32. The molecule has 3 aromatic rings. The molecule has 35 heavy (non-hydrogen) atoms. The normalized spacial score (nSPS) is 21.9. The number of H-pyrrole nitrogens is 1. The number of piperazine rings is 1. The number of likely N-dealkylation sites (N-methyl/N-ethyl adjacent to an activating group) is 1. The number of nitrogens with zero attached hydrogens (tertiary/aromatic N) is 3. The minimum Gasteiger partial charge on any atom is -0.491 e. The number of hydrogen-bond donors (Lipinski definition) is 1. The lowest BCUT2D eigenvalue weighted by molar-refractivity contribution is -0.157. The van der Waals surface area contributed by atoms with Crippen LogP contribution in [-0.4, -0.2) is 90.7 Å². The van der Waals surface area contributed by atoms with E-state index in [0.717, 1.165) is 50.5 Å². The summed E-state index contributed by atoms with van der Waals surface area (Å²) in [6.07, 6.45) is 2.27. The lowest BCUT2D eigenvalue weighted by Gasteiger charge is -2.43. The van der Waals surface area contributed by atoms with Crippen LogP contribution in [-0.2, 0) is 16.1 Å². The quantitative estimate of drug-likeness (QED) is 0.541. The van der Waals surface area contributed by atoms with E-state index in [1.54, 1.807) is 0 Å². The van der Waals surface area contributed by atoms with Crippen LogP contribution < -0.4 is 4.74 Å². The number of morpholine rings is 1. The summed E-state index contributed by atoms with van der Waals surface area (Å²) in [5.74, 6) is 0.854. The fraction of sp³-hybridized carbons (Fsp3) is 0.444. The summed E-state index contributed by atoms with van der Waals surface area (Å²) in [5.41, 5.74) is 1.67. The molecule has 2 aliphatic heterocycles. The van der Waals surface area contributed by atoms with Crippen LogP contribution in [0.3, 0.4) is 0 Å². The second-order valence-corrected chi connectivity index (χ2v) is 10.2. The standard InChI is InChI=1S/C27H33ClN4O3/c1-30-10-12-32(13-11-30)26(33)17-27(20-34-24-5-3-23(28)4-6-24)19-31(14-15-35-27)18-21-2-7-25-22(16-21)8-9-29-25/h2-9,16,29H,10-15,17-20H2,1H3. The monoisotopic (exact) mass is 496 g/mol. The van der Waals surface area contributed by atoms with Crippen molar-refractivity contribution in [2.45, 2.75) is 18.6 Å². The number of hydrogen-bond acceptors (Lipinski definition) is 5. The van der Waals surface area contributed by atoms with Gasteiger partial charge < -0.3 is 24.3 Å². The molecule has 1 atom stereocenters. The first kappa shape index (κ1) is 24.1. The molecule has 7 nitrogen and oxygen atoms in total. The van der Waals surface area contributed by atoms with Gasteiger partial charge in [0.15, 0.2) is 0 Å². The van der Waals surface area contributed by atoms with E-state index in [1.807, 2.05) is 35.4 Å². The summed E-state index contributed by atoms with van der Waals surface area (Å²) < 4.78 is 12.5. The number of halogens is 1. The number of carbonyl (C=O) groups is 1. The Balaban J connectivity index is 1.31. The maximum atomic E-state index is 13.3. The molecule has 1 unspecified atom stereocenters. The second kappa shape index (κ2) is 10.6. The fourth-order valence-electron chi connectivity index (χ4n) is 4.95. The molecule has 2 aromatic carbocycles. The number of amides is 1. The molecular formula is C27H33ClN4O3.